The van der Waals surface area contributed by atoms with Crippen LogP contribution in [0.15, 0.2) is 83.4 Å². The van der Waals surface area contributed by atoms with E-state index >= 15 is 0 Å². The Morgan fingerprint density at radius 3 is 2.47 bits per heavy atom. The third-order valence-electron chi connectivity index (χ3n) is 6.52. The first-order valence-electron chi connectivity index (χ1n) is 10.3. The molecular weight excluding hydrogens is 368 g/mol. The number of nitrogens with zero attached hydrogens (tertiary/aromatic N) is 2. The van der Waals surface area contributed by atoms with Crippen LogP contribution in [0, 0.1) is 6.92 Å². The lowest BCUT2D eigenvalue weighted by Crippen LogP contribution is -2.30. The summed E-state index contributed by atoms with van der Waals surface area (Å²) >= 11 is 0. The zero-order valence-corrected chi connectivity index (χ0v) is 16.8. The van der Waals surface area contributed by atoms with E-state index in [-0.39, 0.29) is 0 Å². The second-order valence-electron chi connectivity index (χ2n) is 8.20. The Hall–Kier alpha value is -3.85. The third-order valence-corrected chi connectivity index (χ3v) is 6.52. The summed E-state index contributed by atoms with van der Waals surface area (Å²) in [4.78, 5) is 0. The fraction of sp³-hybridized carbons (Fsp3) is 0.0741. The Morgan fingerprint density at radius 1 is 0.800 bits per heavy atom. The molecule has 3 nitrogen and oxygen atoms in total. The van der Waals surface area contributed by atoms with Crippen LogP contribution in [-0.2, 0) is 7.05 Å². The lowest BCUT2D eigenvalue weighted by Gasteiger charge is -2.04. The van der Waals surface area contributed by atoms with E-state index in [0.717, 1.165) is 11.3 Å². The predicted octanol–water partition coefficient (Wildman–Crippen LogP) is 6.38. The summed E-state index contributed by atoms with van der Waals surface area (Å²) in [6, 6.07) is 26.0. The summed E-state index contributed by atoms with van der Waals surface area (Å²) in [7, 11) is 2.09. The maximum Gasteiger partial charge on any atom is 0.214 e. The molecule has 0 amide bonds. The minimum Gasteiger partial charge on any atom is -0.433 e. The number of fused-ring (bicyclic) bond motifs is 8. The average molecular weight is 387 g/mol. The summed E-state index contributed by atoms with van der Waals surface area (Å²) in [5, 5.41) is 6.17. The van der Waals surface area contributed by atoms with E-state index in [1.807, 2.05) is 0 Å². The minimum atomic E-state index is 0.917. The Kier molecular flexibility index (Phi) is 2.88. The van der Waals surface area contributed by atoms with Gasteiger partial charge in [-0.3, -0.25) is 4.40 Å². The maximum atomic E-state index is 6.49. The molecule has 3 heteroatoms. The molecule has 7 rings (SSSR count). The summed E-state index contributed by atoms with van der Waals surface area (Å²) in [6.45, 7) is 2.16. The molecule has 0 aliphatic heterocycles. The molecule has 0 fully saturated rings. The van der Waals surface area contributed by atoms with E-state index < -0.39 is 0 Å². The molecule has 7 aromatic rings. The van der Waals surface area contributed by atoms with Crippen LogP contribution in [0.3, 0.4) is 0 Å². The van der Waals surface area contributed by atoms with Gasteiger partial charge in [-0.15, -0.1) is 0 Å². The highest BCUT2D eigenvalue weighted by Crippen LogP contribution is 2.43. The van der Waals surface area contributed by atoms with Crippen molar-refractivity contribution in [1.29, 1.82) is 0 Å². The molecule has 0 saturated heterocycles. The van der Waals surface area contributed by atoms with Crippen molar-refractivity contribution < 1.29 is 8.98 Å². The fourth-order valence-corrected chi connectivity index (χ4v) is 5.15. The van der Waals surface area contributed by atoms with Gasteiger partial charge in [0.2, 0.25) is 23.2 Å². The van der Waals surface area contributed by atoms with E-state index in [1.54, 1.807) is 0 Å². The molecule has 0 unspecified atom stereocenters. The molecule has 0 atom stereocenters. The van der Waals surface area contributed by atoms with Crippen LogP contribution in [0.2, 0.25) is 0 Å². The molecule has 0 aliphatic carbocycles. The van der Waals surface area contributed by atoms with Gasteiger partial charge >= 0.3 is 0 Å². The summed E-state index contributed by atoms with van der Waals surface area (Å²) in [6.07, 6.45) is 2.11. The standard InChI is InChI=1S/C27H19N2O/c1-16-8-3-4-9-17(16)23-14-21-24(15-28(23)2)30-27-25(21)20-12-7-11-19-18-10-5-6-13-22(18)29(27)26(19)20/h3-15H,1-2H3/q+1. The van der Waals surface area contributed by atoms with Crippen LogP contribution in [0.1, 0.15) is 5.56 Å². The van der Waals surface area contributed by atoms with Crippen LogP contribution >= 0.6 is 0 Å². The number of aromatic nitrogens is 2. The Balaban J connectivity index is 1.70. The number of aryl methyl sites for hydroxylation is 2. The average Bonchev–Trinajstić information content (AvgIpc) is 3.39. The van der Waals surface area contributed by atoms with Gasteiger partial charge in [0.15, 0.2) is 0 Å². The quantitative estimate of drug-likeness (QED) is 0.299. The van der Waals surface area contributed by atoms with Crippen molar-refractivity contribution in [2.24, 2.45) is 7.05 Å². The van der Waals surface area contributed by atoms with Gasteiger partial charge < -0.3 is 4.42 Å². The van der Waals surface area contributed by atoms with Gasteiger partial charge in [-0.05, 0) is 24.6 Å². The van der Waals surface area contributed by atoms with Gasteiger partial charge in [-0.25, -0.2) is 0 Å². The molecule has 3 aromatic carbocycles. The molecule has 0 aliphatic rings. The highest BCUT2D eigenvalue weighted by Gasteiger charge is 2.24. The highest BCUT2D eigenvalue weighted by atomic mass is 16.3. The Morgan fingerprint density at radius 2 is 1.57 bits per heavy atom. The van der Waals surface area contributed by atoms with E-state index in [9.17, 15) is 0 Å². The molecule has 142 valence electrons. The van der Waals surface area contributed by atoms with E-state index in [4.69, 9.17) is 4.42 Å². The van der Waals surface area contributed by atoms with Crippen LogP contribution in [-0.4, -0.2) is 4.40 Å². The van der Waals surface area contributed by atoms with E-state index in [1.165, 1.54) is 54.8 Å². The van der Waals surface area contributed by atoms with Crippen LogP contribution in [0.4, 0.5) is 0 Å². The van der Waals surface area contributed by atoms with Gasteiger partial charge in [0.25, 0.3) is 0 Å². The molecule has 0 bridgehead atoms. The zero-order valence-electron chi connectivity index (χ0n) is 16.8. The number of para-hydroxylation sites is 2. The summed E-state index contributed by atoms with van der Waals surface area (Å²) < 4.78 is 11.0. The molecule has 30 heavy (non-hydrogen) atoms. The minimum absolute atomic E-state index is 0.917. The largest absolute Gasteiger partial charge is 0.433 e. The number of benzene rings is 3. The number of furan rings is 1. The summed E-state index contributed by atoms with van der Waals surface area (Å²) in [5.74, 6) is 0. The molecule has 0 spiro atoms. The van der Waals surface area contributed by atoms with Crippen LogP contribution in [0.5, 0.6) is 0 Å². The maximum absolute atomic E-state index is 6.49. The second kappa shape index (κ2) is 5.39. The lowest BCUT2D eigenvalue weighted by molar-refractivity contribution is -0.659. The molecule has 4 heterocycles. The third kappa shape index (κ3) is 1.83. The first-order valence-corrected chi connectivity index (χ1v) is 10.3. The van der Waals surface area contributed by atoms with Gasteiger partial charge in [0.1, 0.15) is 7.05 Å². The first kappa shape index (κ1) is 16.0. The smallest absolute Gasteiger partial charge is 0.214 e. The first-order chi connectivity index (χ1) is 14.7. The molecule has 0 N–H and O–H groups in total. The topological polar surface area (TPSA) is 21.4 Å². The van der Waals surface area contributed by atoms with E-state index in [2.05, 4.69) is 102 Å². The zero-order chi connectivity index (χ0) is 20.0. The van der Waals surface area contributed by atoms with Crippen molar-refractivity contribution in [3.63, 3.8) is 0 Å². The SMILES string of the molecule is Cc1ccccc1-c1cc2c(c[n+]1C)oc1c2c2cccc3c4ccccc4n1c32. The predicted molar refractivity (Wildman–Crippen MR) is 122 cm³/mol. The number of rotatable bonds is 1. The number of hydrogen-bond acceptors (Lipinski definition) is 1. The molecular formula is C27H19N2O+. The fourth-order valence-electron chi connectivity index (χ4n) is 5.15. The van der Waals surface area contributed by atoms with Crippen molar-refractivity contribution in [1.82, 2.24) is 4.40 Å². The lowest BCUT2D eigenvalue weighted by atomic mass is 10.0. The van der Waals surface area contributed by atoms with Crippen molar-refractivity contribution in [2.75, 3.05) is 0 Å². The highest BCUT2D eigenvalue weighted by molar-refractivity contribution is 6.27. The van der Waals surface area contributed by atoms with Gasteiger partial charge in [-0.2, -0.15) is 4.57 Å². The van der Waals surface area contributed by atoms with Gasteiger partial charge in [0.05, 0.1) is 16.4 Å². The second-order valence-corrected chi connectivity index (χ2v) is 8.20. The molecule has 4 aromatic heterocycles. The normalized spacial score (nSPS) is 12.3. The Labute approximate surface area is 172 Å². The molecule has 0 radical (unpaired) electrons. The van der Waals surface area contributed by atoms with Crippen molar-refractivity contribution in [2.45, 2.75) is 6.92 Å². The van der Waals surface area contributed by atoms with Crippen molar-refractivity contribution in [3.8, 4) is 11.3 Å². The molecule has 0 saturated carbocycles. The van der Waals surface area contributed by atoms with Gasteiger partial charge in [0, 0.05) is 33.2 Å². The summed E-state index contributed by atoms with van der Waals surface area (Å²) in [5.41, 5.74) is 8.00. The number of hydrogen-bond donors (Lipinski definition) is 0. The van der Waals surface area contributed by atoms with E-state index in [0.29, 0.717) is 0 Å². The van der Waals surface area contributed by atoms with Crippen LogP contribution < -0.4 is 4.57 Å². The number of pyridine rings is 1. The van der Waals surface area contributed by atoms with Crippen molar-refractivity contribution >= 4 is 49.3 Å². The Bertz CT molecular complexity index is 1770. The van der Waals surface area contributed by atoms with Crippen LogP contribution in [0.25, 0.3) is 60.5 Å². The van der Waals surface area contributed by atoms with Crippen molar-refractivity contribution in [3.05, 3.63) is 84.6 Å². The monoisotopic (exact) mass is 387 g/mol. The van der Waals surface area contributed by atoms with Gasteiger partial charge in [-0.1, -0.05) is 54.6 Å².